The lowest BCUT2D eigenvalue weighted by Gasteiger charge is -2.48. The Balaban J connectivity index is 1.43. The summed E-state index contributed by atoms with van der Waals surface area (Å²) in [4.78, 5) is 41.4. The second-order valence-corrected chi connectivity index (χ2v) is 14.1. The first-order chi connectivity index (χ1) is 25.1. The van der Waals surface area contributed by atoms with Gasteiger partial charge in [-0.05, 0) is 44.6 Å². The number of cyclic esters (lactones) is 2. The number of nitrogens with zero attached hydrogens (tertiary/aromatic N) is 1. The fourth-order valence-electron chi connectivity index (χ4n) is 6.87. The monoisotopic (exact) mass is 735 g/mol. The molecule has 0 amide bonds. The second kappa shape index (κ2) is 19.8. The number of ether oxygens (including phenoxy) is 3. The Labute approximate surface area is 313 Å². The highest BCUT2D eigenvalue weighted by Crippen LogP contribution is 2.55. The van der Waals surface area contributed by atoms with Crippen molar-refractivity contribution in [2.24, 2.45) is 0 Å². The molecular weight excluding hydrogens is 682 g/mol. The molecule has 282 valence electrons. The van der Waals surface area contributed by atoms with Crippen LogP contribution >= 0.6 is 11.6 Å². The zero-order chi connectivity index (χ0) is 37.5. The summed E-state index contributed by atoms with van der Waals surface area (Å²) in [6.07, 6.45) is 10.2. The first kappa shape index (κ1) is 40.8. The van der Waals surface area contributed by atoms with Gasteiger partial charge in [-0.15, -0.1) is 0 Å². The first-order valence-corrected chi connectivity index (χ1v) is 19.1. The van der Waals surface area contributed by atoms with E-state index in [1.165, 1.54) is 57.9 Å². The molecule has 2 N–H and O–H groups in total. The van der Waals surface area contributed by atoms with Crippen LogP contribution in [0, 0.1) is 0 Å². The SMILES string of the molecule is CCN(CC)CCCCCCCCCCCCOc1ccc(C2(c3ccccc3)OC(=O)CC(O)(CC(=O)O)C(=O)OC2(Cl)c2ccccc2)cc1. The van der Waals surface area contributed by atoms with E-state index in [2.05, 4.69) is 18.7 Å². The third-order valence-corrected chi connectivity index (χ3v) is 10.4. The maximum atomic E-state index is 13.6. The molecule has 0 aromatic heterocycles. The number of carbonyl (C=O) groups is 3. The Morgan fingerprint density at radius 2 is 1.23 bits per heavy atom. The van der Waals surface area contributed by atoms with Crippen molar-refractivity contribution in [3.63, 3.8) is 0 Å². The van der Waals surface area contributed by atoms with Gasteiger partial charge in [-0.1, -0.05) is 150 Å². The Morgan fingerprint density at radius 1 is 0.731 bits per heavy atom. The van der Waals surface area contributed by atoms with Crippen molar-refractivity contribution < 1.29 is 38.8 Å². The summed E-state index contributed by atoms with van der Waals surface area (Å²) in [5, 5.41) is 18.3. The van der Waals surface area contributed by atoms with E-state index in [9.17, 15) is 24.6 Å². The van der Waals surface area contributed by atoms with Crippen molar-refractivity contribution in [2.75, 3.05) is 26.2 Å². The van der Waals surface area contributed by atoms with E-state index in [0.717, 1.165) is 25.9 Å². The number of aliphatic hydroxyl groups is 1. The smallest absolute Gasteiger partial charge is 0.341 e. The number of hydrogen-bond acceptors (Lipinski definition) is 8. The third-order valence-electron chi connectivity index (χ3n) is 9.83. The molecule has 0 radical (unpaired) electrons. The molecule has 1 aliphatic rings. The quantitative estimate of drug-likeness (QED) is 0.0632. The van der Waals surface area contributed by atoms with Gasteiger partial charge in [0.1, 0.15) is 5.75 Å². The Hall–Kier alpha value is -3.92. The van der Waals surface area contributed by atoms with Crippen LogP contribution in [0.2, 0.25) is 0 Å². The molecule has 1 aliphatic heterocycles. The predicted octanol–water partition coefficient (Wildman–Crippen LogP) is 8.34. The lowest BCUT2D eigenvalue weighted by molar-refractivity contribution is -0.219. The van der Waals surface area contributed by atoms with Gasteiger partial charge >= 0.3 is 17.9 Å². The van der Waals surface area contributed by atoms with E-state index in [4.69, 9.17) is 25.8 Å². The van der Waals surface area contributed by atoms with Crippen molar-refractivity contribution in [2.45, 2.75) is 107 Å². The Morgan fingerprint density at radius 3 is 1.77 bits per heavy atom. The molecule has 0 spiro atoms. The van der Waals surface area contributed by atoms with E-state index in [-0.39, 0.29) is 5.56 Å². The summed E-state index contributed by atoms with van der Waals surface area (Å²) in [5.41, 5.74) is -3.66. The number of rotatable bonds is 21. The number of halogens is 1. The number of carboxylic acids is 1. The summed E-state index contributed by atoms with van der Waals surface area (Å²) >= 11 is 7.43. The fraction of sp³-hybridized carbons (Fsp3) is 0.500. The molecule has 0 aliphatic carbocycles. The van der Waals surface area contributed by atoms with Crippen LogP contribution in [0.1, 0.15) is 108 Å². The van der Waals surface area contributed by atoms with Crippen molar-refractivity contribution in [3.8, 4) is 5.75 Å². The molecule has 52 heavy (non-hydrogen) atoms. The van der Waals surface area contributed by atoms with Crippen LogP contribution < -0.4 is 4.74 Å². The molecule has 1 saturated heterocycles. The molecule has 0 bridgehead atoms. The van der Waals surface area contributed by atoms with Crippen molar-refractivity contribution >= 4 is 29.5 Å². The number of aliphatic carboxylic acids is 1. The van der Waals surface area contributed by atoms with Crippen LogP contribution in [0.15, 0.2) is 84.9 Å². The molecule has 0 saturated carbocycles. The summed E-state index contributed by atoms with van der Waals surface area (Å²) < 4.78 is 18.3. The molecule has 3 atom stereocenters. The lowest BCUT2D eigenvalue weighted by atomic mass is 9.77. The van der Waals surface area contributed by atoms with Crippen molar-refractivity contribution in [3.05, 3.63) is 102 Å². The van der Waals surface area contributed by atoms with E-state index in [0.29, 0.717) is 23.5 Å². The molecule has 4 rings (SSSR count). The molecule has 9 nitrogen and oxygen atoms in total. The predicted molar refractivity (Wildman–Crippen MR) is 201 cm³/mol. The van der Waals surface area contributed by atoms with Gasteiger partial charge in [-0.25, -0.2) is 4.79 Å². The number of alkyl halides is 1. The van der Waals surface area contributed by atoms with Gasteiger partial charge < -0.3 is 29.3 Å². The summed E-state index contributed by atoms with van der Waals surface area (Å²) in [6, 6.07) is 23.9. The molecule has 3 unspecified atom stereocenters. The number of unbranched alkanes of at least 4 members (excludes halogenated alkanes) is 9. The topological polar surface area (TPSA) is 123 Å². The highest BCUT2D eigenvalue weighted by Gasteiger charge is 2.64. The van der Waals surface area contributed by atoms with Crippen LogP contribution in [-0.4, -0.2) is 64.9 Å². The van der Waals surface area contributed by atoms with Crippen molar-refractivity contribution in [1.82, 2.24) is 4.90 Å². The molecule has 1 heterocycles. The Kier molecular flexibility index (Phi) is 15.5. The normalized spacial score (nSPS) is 21.9. The van der Waals surface area contributed by atoms with Gasteiger partial charge in [0.05, 0.1) is 19.4 Å². The first-order valence-electron chi connectivity index (χ1n) is 18.7. The lowest BCUT2D eigenvalue weighted by Crippen LogP contribution is -2.58. The number of benzene rings is 3. The van der Waals surface area contributed by atoms with E-state index in [1.54, 1.807) is 84.9 Å². The highest BCUT2D eigenvalue weighted by atomic mass is 35.5. The maximum Gasteiger partial charge on any atom is 0.341 e. The van der Waals surface area contributed by atoms with Crippen LogP contribution in [0.4, 0.5) is 0 Å². The molecular formula is C42H54ClNO8. The molecule has 3 aromatic carbocycles. The van der Waals surface area contributed by atoms with Gasteiger partial charge in [-0.2, -0.15) is 0 Å². The fourth-order valence-corrected chi connectivity index (χ4v) is 7.33. The number of carboxylic acid groups (broad SMARTS) is 1. The summed E-state index contributed by atoms with van der Waals surface area (Å²) in [5.74, 6) is -3.28. The highest BCUT2D eigenvalue weighted by molar-refractivity contribution is 6.25. The van der Waals surface area contributed by atoms with Crippen LogP contribution in [0.25, 0.3) is 0 Å². The Bertz CT molecular complexity index is 1550. The van der Waals surface area contributed by atoms with Gasteiger partial charge in [0, 0.05) is 16.7 Å². The minimum atomic E-state index is -2.71. The standard InChI is InChI=1S/C42H54ClNO8/c1-3-44(4-2)29-19-11-9-7-5-6-8-10-12-20-30-50-36-27-25-34(26-28-36)41(33-21-15-13-16-22-33)42(43,35-23-17-14-18-24-35)52-39(48)40(49,31-37(45)46)32-38(47)51-41/h13-18,21-28,49H,3-12,19-20,29-32H2,1-2H3,(H,45,46). The zero-order valence-electron chi connectivity index (χ0n) is 30.6. The van der Waals surface area contributed by atoms with Crippen molar-refractivity contribution in [1.29, 1.82) is 0 Å². The van der Waals surface area contributed by atoms with Gasteiger partial charge in [0.25, 0.3) is 5.06 Å². The van der Waals surface area contributed by atoms with Gasteiger partial charge in [0.2, 0.25) is 5.60 Å². The van der Waals surface area contributed by atoms with Crippen LogP contribution in [-0.2, 0) is 34.5 Å². The minimum absolute atomic E-state index is 0.243. The zero-order valence-corrected chi connectivity index (χ0v) is 31.3. The number of carbonyl (C=O) groups excluding carboxylic acids is 2. The average Bonchev–Trinajstić information content (AvgIpc) is 3.14. The molecule has 3 aromatic rings. The van der Waals surface area contributed by atoms with Gasteiger partial charge in [0.15, 0.2) is 5.60 Å². The second-order valence-electron chi connectivity index (χ2n) is 13.6. The summed E-state index contributed by atoms with van der Waals surface area (Å²) in [6.45, 7) is 8.49. The third kappa shape index (κ3) is 10.4. The minimum Gasteiger partial charge on any atom is -0.494 e. The maximum absolute atomic E-state index is 13.6. The van der Waals surface area contributed by atoms with E-state index >= 15 is 0 Å². The largest absolute Gasteiger partial charge is 0.494 e. The van der Waals surface area contributed by atoms with Gasteiger partial charge in [-0.3, -0.25) is 9.59 Å². The molecule has 10 heteroatoms. The van der Waals surface area contributed by atoms with E-state index < -0.39 is 47.0 Å². The van der Waals surface area contributed by atoms with E-state index in [1.807, 2.05) is 0 Å². The number of esters is 2. The number of hydrogen-bond donors (Lipinski definition) is 2. The average molecular weight is 736 g/mol. The molecule has 1 fully saturated rings. The summed E-state index contributed by atoms with van der Waals surface area (Å²) in [7, 11) is 0. The van der Waals surface area contributed by atoms with Crippen LogP contribution in [0.3, 0.4) is 0 Å². The van der Waals surface area contributed by atoms with Crippen LogP contribution in [0.5, 0.6) is 5.75 Å².